The molecule has 2 rings (SSSR count). The van der Waals surface area contributed by atoms with Gasteiger partial charge in [0.15, 0.2) is 0 Å². The predicted octanol–water partition coefficient (Wildman–Crippen LogP) is 2.44. The largest absolute Gasteiger partial charge is 0.416 e. The van der Waals surface area contributed by atoms with Gasteiger partial charge in [-0.15, -0.1) is 11.3 Å². The lowest BCUT2D eigenvalue weighted by Gasteiger charge is -2.07. The summed E-state index contributed by atoms with van der Waals surface area (Å²) in [5.41, 5.74) is 0.0764. The fourth-order valence-electron chi connectivity index (χ4n) is 1.29. The van der Waals surface area contributed by atoms with Gasteiger partial charge in [0.1, 0.15) is 10.8 Å². The molecule has 0 amide bonds. The average Bonchev–Trinajstić information content (AvgIpc) is 2.79. The number of halogens is 3. The summed E-state index contributed by atoms with van der Waals surface area (Å²) < 4.78 is 41.7. The van der Waals surface area contributed by atoms with Crippen molar-refractivity contribution in [3.63, 3.8) is 0 Å². The summed E-state index contributed by atoms with van der Waals surface area (Å²) in [7, 11) is 0. The van der Waals surface area contributed by atoms with Crippen molar-refractivity contribution < 1.29 is 23.0 Å². The van der Waals surface area contributed by atoms with Gasteiger partial charge in [-0.3, -0.25) is 0 Å². The molecule has 4 nitrogen and oxygen atoms in total. The van der Waals surface area contributed by atoms with Crippen molar-refractivity contribution in [2.75, 3.05) is 0 Å². The number of nitrogens with zero attached hydrogens (tertiary/aromatic N) is 2. The van der Waals surface area contributed by atoms with Crippen molar-refractivity contribution in [1.82, 2.24) is 9.97 Å². The van der Waals surface area contributed by atoms with Crippen LogP contribution in [0.3, 0.4) is 0 Å². The molecule has 0 aliphatic rings. The van der Waals surface area contributed by atoms with Crippen LogP contribution in [-0.4, -0.2) is 21.7 Å². The van der Waals surface area contributed by atoms with E-state index in [2.05, 4.69) is 14.7 Å². The topological polar surface area (TPSA) is 55.2 Å². The second kappa shape index (κ2) is 5.32. The Balaban J connectivity index is 2.43. The minimum Gasteiger partial charge on any atom is -0.416 e. The number of thiazole rings is 1. The molecule has 2 heterocycles. The Labute approximate surface area is 104 Å². The first-order chi connectivity index (χ1) is 8.60. The summed E-state index contributed by atoms with van der Waals surface area (Å²) in [4.78, 5) is 7.70. The maximum atomic E-state index is 13.1. The zero-order chi connectivity index (χ0) is 13.1. The Morgan fingerprint density at radius 3 is 2.72 bits per heavy atom. The van der Waals surface area contributed by atoms with E-state index in [0.29, 0.717) is 9.88 Å². The lowest BCUT2D eigenvalue weighted by Crippen LogP contribution is -2.05. The highest BCUT2D eigenvalue weighted by atomic mass is 32.1. The van der Waals surface area contributed by atoms with Crippen molar-refractivity contribution in [3.8, 4) is 16.3 Å². The molecule has 0 radical (unpaired) electrons. The molecule has 0 spiro atoms. The molecule has 0 unspecified atom stereocenters. The van der Waals surface area contributed by atoms with Crippen LogP contribution in [0.2, 0.25) is 0 Å². The van der Waals surface area contributed by atoms with Gasteiger partial charge in [0.25, 0.3) is 0 Å². The van der Waals surface area contributed by atoms with Gasteiger partial charge in [-0.2, -0.15) is 8.78 Å². The summed E-state index contributed by atoms with van der Waals surface area (Å²) in [5.74, 6) is -1.05. The summed E-state index contributed by atoms with van der Waals surface area (Å²) in [6.45, 7) is -3.33. The molecular weight excluding hydrogens is 269 g/mol. The zero-order valence-corrected chi connectivity index (χ0v) is 9.63. The van der Waals surface area contributed by atoms with Crippen molar-refractivity contribution in [2.45, 2.75) is 13.2 Å². The molecular formula is C10H7F3N2O2S. The van der Waals surface area contributed by atoms with E-state index in [4.69, 9.17) is 5.11 Å². The van der Waals surface area contributed by atoms with Crippen LogP contribution in [0.1, 0.15) is 5.01 Å². The molecule has 1 N–H and O–H groups in total. The minimum absolute atomic E-state index is 0.0764. The molecule has 0 fully saturated rings. The number of aliphatic hydroxyl groups excluding tert-OH is 1. The zero-order valence-electron chi connectivity index (χ0n) is 8.81. The second-order valence-corrected chi connectivity index (χ2v) is 4.28. The molecule has 0 saturated heterocycles. The Bertz CT molecular complexity index is 548. The highest BCUT2D eigenvalue weighted by Gasteiger charge is 2.16. The number of aliphatic hydroxyl groups is 1. The first-order valence-electron chi connectivity index (χ1n) is 4.76. The van der Waals surface area contributed by atoms with Crippen LogP contribution in [0.4, 0.5) is 13.2 Å². The third kappa shape index (κ3) is 2.77. The van der Waals surface area contributed by atoms with E-state index in [1.165, 1.54) is 6.20 Å². The number of alkyl halides is 2. The maximum Gasteiger partial charge on any atom is 0.388 e. The lowest BCUT2D eigenvalue weighted by atomic mass is 10.2. The summed E-state index contributed by atoms with van der Waals surface area (Å²) >= 11 is 1.04. The summed E-state index contributed by atoms with van der Waals surface area (Å²) in [6, 6.07) is 1.03. The minimum atomic E-state index is -3.05. The molecule has 8 heteroatoms. The fraction of sp³-hybridized carbons (Fsp3) is 0.200. The Morgan fingerprint density at radius 1 is 1.33 bits per heavy atom. The van der Waals surface area contributed by atoms with E-state index in [1.54, 1.807) is 0 Å². The highest BCUT2D eigenvalue weighted by molar-refractivity contribution is 7.15. The van der Waals surface area contributed by atoms with Crippen LogP contribution in [0.25, 0.3) is 10.4 Å². The maximum absolute atomic E-state index is 13.1. The molecule has 0 aromatic carbocycles. The van der Waals surface area contributed by atoms with E-state index < -0.39 is 12.4 Å². The van der Waals surface area contributed by atoms with Gasteiger partial charge in [-0.25, -0.2) is 14.4 Å². The van der Waals surface area contributed by atoms with Gasteiger partial charge in [0.05, 0.1) is 23.2 Å². The molecule has 0 aliphatic carbocycles. The van der Waals surface area contributed by atoms with Gasteiger partial charge in [0, 0.05) is 6.20 Å². The Kier molecular flexibility index (Phi) is 3.78. The predicted molar refractivity (Wildman–Crippen MR) is 57.9 cm³/mol. The molecule has 0 atom stereocenters. The third-order valence-electron chi connectivity index (χ3n) is 1.97. The number of aromatic nitrogens is 2. The van der Waals surface area contributed by atoms with Crippen LogP contribution in [0, 0.1) is 5.82 Å². The van der Waals surface area contributed by atoms with Gasteiger partial charge in [0.2, 0.25) is 5.88 Å². The quantitative estimate of drug-likeness (QED) is 0.931. The molecule has 0 bridgehead atoms. The molecule has 0 saturated carbocycles. The Morgan fingerprint density at radius 2 is 2.11 bits per heavy atom. The van der Waals surface area contributed by atoms with E-state index >= 15 is 0 Å². The normalized spacial score (nSPS) is 10.9. The second-order valence-electron chi connectivity index (χ2n) is 3.16. The number of rotatable bonds is 4. The number of hydrogen-bond donors (Lipinski definition) is 1. The molecule has 18 heavy (non-hydrogen) atoms. The number of hydrogen-bond acceptors (Lipinski definition) is 5. The van der Waals surface area contributed by atoms with Crippen LogP contribution in [0.5, 0.6) is 5.88 Å². The molecule has 0 aliphatic heterocycles. The van der Waals surface area contributed by atoms with Gasteiger partial charge in [-0.05, 0) is 6.07 Å². The third-order valence-corrected chi connectivity index (χ3v) is 2.99. The van der Waals surface area contributed by atoms with Crippen LogP contribution in [-0.2, 0) is 6.61 Å². The standard InChI is InChI=1S/C10H7F3N2O2S/c11-5-1-6(7-3-14-8(4-16)18-7)9(15-2-5)17-10(12)13/h1-3,10,16H,4H2. The van der Waals surface area contributed by atoms with Crippen molar-refractivity contribution in [3.05, 3.63) is 29.3 Å². The first kappa shape index (κ1) is 12.8. The van der Waals surface area contributed by atoms with Gasteiger partial charge < -0.3 is 9.84 Å². The smallest absolute Gasteiger partial charge is 0.388 e. The van der Waals surface area contributed by atoms with Crippen molar-refractivity contribution >= 4 is 11.3 Å². The van der Waals surface area contributed by atoms with Crippen molar-refractivity contribution in [2.24, 2.45) is 0 Å². The van der Waals surface area contributed by atoms with E-state index in [9.17, 15) is 13.2 Å². The number of pyridine rings is 1. The molecule has 96 valence electrons. The van der Waals surface area contributed by atoms with Crippen LogP contribution in [0.15, 0.2) is 18.5 Å². The monoisotopic (exact) mass is 276 g/mol. The lowest BCUT2D eigenvalue weighted by molar-refractivity contribution is -0.0524. The summed E-state index contributed by atoms with van der Waals surface area (Å²) in [5, 5.41) is 9.26. The van der Waals surface area contributed by atoms with Crippen LogP contribution >= 0.6 is 11.3 Å². The van der Waals surface area contributed by atoms with Crippen molar-refractivity contribution in [1.29, 1.82) is 0 Å². The summed E-state index contributed by atoms with van der Waals surface area (Å²) in [6.07, 6.45) is 2.13. The Hall–Kier alpha value is -1.67. The van der Waals surface area contributed by atoms with E-state index in [1.807, 2.05) is 0 Å². The van der Waals surface area contributed by atoms with E-state index in [0.717, 1.165) is 23.6 Å². The van der Waals surface area contributed by atoms with Crippen LogP contribution < -0.4 is 4.74 Å². The molecule has 2 aromatic heterocycles. The highest BCUT2D eigenvalue weighted by Crippen LogP contribution is 2.33. The fourth-order valence-corrected chi connectivity index (χ4v) is 2.07. The SMILES string of the molecule is OCc1ncc(-c2cc(F)cnc2OC(F)F)s1. The van der Waals surface area contributed by atoms with Gasteiger partial charge >= 0.3 is 6.61 Å². The van der Waals surface area contributed by atoms with E-state index in [-0.39, 0.29) is 18.1 Å². The first-order valence-corrected chi connectivity index (χ1v) is 5.58. The number of ether oxygens (including phenoxy) is 1. The van der Waals surface area contributed by atoms with Gasteiger partial charge in [-0.1, -0.05) is 0 Å². The molecule has 2 aromatic rings. The average molecular weight is 276 g/mol.